The molecule has 0 aliphatic rings. The SMILES string of the molecule is C=CC(C)C/C=c1/cccc(CC)c1=C. The van der Waals surface area contributed by atoms with Gasteiger partial charge in [-0.3, -0.25) is 0 Å². The van der Waals surface area contributed by atoms with Crippen molar-refractivity contribution in [2.24, 2.45) is 5.92 Å². The van der Waals surface area contributed by atoms with E-state index in [1.807, 2.05) is 6.08 Å². The summed E-state index contributed by atoms with van der Waals surface area (Å²) in [5.41, 5.74) is 1.34. The lowest BCUT2D eigenvalue weighted by Crippen LogP contribution is -2.26. The quantitative estimate of drug-likeness (QED) is 0.655. The summed E-state index contributed by atoms with van der Waals surface area (Å²) < 4.78 is 0. The van der Waals surface area contributed by atoms with Crippen LogP contribution in [-0.2, 0) is 6.42 Å². The lowest BCUT2D eigenvalue weighted by molar-refractivity contribution is 0.768. The van der Waals surface area contributed by atoms with E-state index in [1.54, 1.807) is 0 Å². The Morgan fingerprint density at radius 1 is 1.40 bits per heavy atom. The summed E-state index contributed by atoms with van der Waals surface area (Å²) in [6.45, 7) is 12.3. The molecule has 0 spiro atoms. The Morgan fingerprint density at radius 2 is 2.13 bits per heavy atom. The highest BCUT2D eigenvalue weighted by molar-refractivity contribution is 5.31. The Hall–Kier alpha value is -1.30. The minimum absolute atomic E-state index is 0.537. The monoisotopic (exact) mass is 200 g/mol. The van der Waals surface area contributed by atoms with Gasteiger partial charge < -0.3 is 0 Å². The van der Waals surface area contributed by atoms with Crippen molar-refractivity contribution in [2.45, 2.75) is 26.7 Å². The van der Waals surface area contributed by atoms with Crippen LogP contribution in [0.5, 0.6) is 0 Å². The van der Waals surface area contributed by atoms with Crippen molar-refractivity contribution in [1.82, 2.24) is 0 Å². The van der Waals surface area contributed by atoms with Gasteiger partial charge in [-0.1, -0.05) is 50.8 Å². The maximum Gasteiger partial charge on any atom is -0.0227 e. The van der Waals surface area contributed by atoms with Crippen molar-refractivity contribution in [1.29, 1.82) is 0 Å². The van der Waals surface area contributed by atoms with Gasteiger partial charge in [0.2, 0.25) is 0 Å². The fourth-order valence-electron chi connectivity index (χ4n) is 1.59. The largest absolute Gasteiger partial charge is 0.103 e. The lowest BCUT2D eigenvalue weighted by Gasteiger charge is -2.01. The minimum atomic E-state index is 0.537. The fourth-order valence-corrected chi connectivity index (χ4v) is 1.59. The van der Waals surface area contributed by atoms with Gasteiger partial charge in [0.25, 0.3) is 0 Å². The van der Waals surface area contributed by atoms with E-state index in [9.17, 15) is 0 Å². The molecular weight excluding hydrogens is 180 g/mol. The Morgan fingerprint density at radius 3 is 2.73 bits per heavy atom. The van der Waals surface area contributed by atoms with Gasteiger partial charge in [0, 0.05) is 0 Å². The van der Waals surface area contributed by atoms with Crippen LogP contribution in [0.1, 0.15) is 25.8 Å². The molecular formula is C15H20. The average molecular weight is 200 g/mol. The van der Waals surface area contributed by atoms with Gasteiger partial charge in [-0.2, -0.15) is 0 Å². The predicted molar refractivity (Wildman–Crippen MR) is 69.0 cm³/mol. The van der Waals surface area contributed by atoms with Gasteiger partial charge in [0.1, 0.15) is 0 Å². The van der Waals surface area contributed by atoms with Gasteiger partial charge in [-0.05, 0) is 34.8 Å². The van der Waals surface area contributed by atoms with Crippen molar-refractivity contribution < 1.29 is 0 Å². The number of rotatable bonds is 4. The van der Waals surface area contributed by atoms with Crippen LogP contribution < -0.4 is 10.4 Å². The van der Waals surface area contributed by atoms with Crippen LogP contribution in [0.3, 0.4) is 0 Å². The van der Waals surface area contributed by atoms with Crippen molar-refractivity contribution in [2.75, 3.05) is 0 Å². The summed E-state index contributed by atoms with van der Waals surface area (Å²) in [5, 5.41) is 2.44. The molecule has 15 heavy (non-hydrogen) atoms. The molecule has 0 heteroatoms. The average Bonchev–Trinajstić information content (AvgIpc) is 2.27. The predicted octanol–water partition coefficient (Wildman–Crippen LogP) is 2.65. The van der Waals surface area contributed by atoms with Crippen molar-refractivity contribution in [3.05, 3.63) is 46.9 Å². The molecule has 0 aromatic heterocycles. The van der Waals surface area contributed by atoms with Crippen LogP contribution in [0.2, 0.25) is 0 Å². The molecule has 0 amide bonds. The lowest BCUT2D eigenvalue weighted by atomic mass is 10.0. The van der Waals surface area contributed by atoms with E-state index >= 15 is 0 Å². The first kappa shape index (κ1) is 11.8. The summed E-state index contributed by atoms with van der Waals surface area (Å²) in [6.07, 6.45) is 6.34. The number of hydrogen-bond acceptors (Lipinski definition) is 0. The molecule has 0 aliphatic carbocycles. The first-order valence-corrected chi connectivity index (χ1v) is 5.58. The van der Waals surface area contributed by atoms with Gasteiger partial charge >= 0.3 is 0 Å². The van der Waals surface area contributed by atoms with E-state index in [-0.39, 0.29) is 0 Å². The molecule has 1 atom stereocenters. The van der Waals surface area contributed by atoms with Gasteiger partial charge in [0.05, 0.1) is 0 Å². The third-order valence-electron chi connectivity index (χ3n) is 2.80. The summed E-state index contributed by atoms with van der Waals surface area (Å²) in [4.78, 5) is 0. The van der Waals surface area contributed by atoms with E-state index in [0.717, 1.165) is 12.8 Å². The van der Waals surface area contributed by atoms with E-state index in [1.165, 1.54) is 16.0 Å². The molecule has 0 radical (unpaired) electrons. The molecule has 0 fully saturated rings. The smallest absolute Gasteiger partial charge is 0.0227 e. The zero-order valence-corrected chi connectivity index (χ0v) is 9.79. The van der Waals surface area contributed by atoms with Crippen molar-refractivity contribution in [3.8, 4) is 0 Å². The topological polar surface area (TPSA) is 0 Å². The normalized spacial score (nSPS) is 13.9. The summed E-state index contributed by atoms with van der Waals surface area (Å²) in [6, 6.07) is 6.39. The molecule has 0 saturated heterocycles. The van der Waals surface area contributed by atoms with Crippen LogP contribution >= 0.6 is 0 Å². The van der Waals surface area contributed by atoms with E-state index in [2.05, 4.69) is 51.3 Å². The molecule has 0 nitrogen and oxygen atoms in total. The number of benzene rings is 1. The Kier molecular flexibility index (Phi) is 4.36. The number of aryl methyl sites for hydroxylation is 1. The highest BCUT2D eigenvalue weighted by atomic mass is 14.0. The highest BCUT2D eigenvalue weighted by Crippen LogP contribution is 2.02. The third kappa shape index (κ3) is 3.09. The molecule has 1 aromatic rings. The molecule has 0 aliphatic heterocycles. The van der Waals surface area contributed by atoms with Gasteiger partial charge in [0.15, 0.2) is 0 Å². The number of allylic oxidation sites excluding steroid dienone is 1. The van der Waals surface area contributed by atoms with Crippen LogP contribution in [-0.4, -0.2) is 0 Å². The van der Waals surface area contributed by atoms with E-state index in [4.69, 9.17) is 0 Å². The maximum atomic E-state index is 4.14. The molecule has 0 N–H and O–H groups in total. The second kappa shape index (κ2) is 5.55. The van der Waals surface area contributed by atoms with Gasteiger partial charge in [-0.25, -0.2) is 0 Å². The highest BCUT2D eigenvalue weighted by Gasteiger charge is 1.94. The van der Waals surface area contributed by atoms with Crippen LogP contribution in [0, 0.1) is 5.92 Å². The second-order valence-corrected chi connectivity index (χ2v) is 3.99. The third-order valence-corrected chi connectivity index (χ3v) is 2.80. The summed E-state index contributed by atoms with van der Waals surface area (Å²) in [7, 11) is 0. The number of hydrogen-bond donors (Lipinski definition) is 0. The summed E-state index contributed by atoms with van der Waals surface area (Å²) >= 11 is 0. The molecule has 1 aromatic carbocycles. The first-order chi connectivity index (χ1) is 7.19. The Labute approximate surface area is 92.6 Å². The standard InChI is InChI=1S/C15H20/c1-5-12(3)10-11-15-9-7-8-14(6-2)13(15)4/h5,7-9,11-12H,1,4,6,10H2,2-3H3/b15-11-. The Balaban J connectivity index is 3.04. The molecule has 0 bridgehead atoms. The minimum Gasteiger partial charge on any atom is -0.103 e. The molecule has 1 unspecified atom stereocenters. The fraction of sp³-hybridized carbons (Fsp3) is 0.333. The van der Waals surface area contributed by atoms with Crippen molar-refractivity contribution >= 4 is 12.7 Å². The summed E-state index contributed by atoms with van der Waals surface area (Å²) in [5.74, 6) is 0.537. The zero-order valence-electron chi connectivity index (χ0n) is 9.79. The van der Waals surface area contributed by atoms with E-state index < -0.39 is 0 Å². The molecule has 0 saturated carbocycles. The Bertz CT molecular complexity index is 426. The maximum absolute atomic E-state index is 4.14. The van der Waals surface area contributed by atoms with Crippen molar-refractivity contribution in [3.63, 3.8) is 0 Å². The molecule has 0 heterocycles. The van der Waals surface area contributed by atoms with Gasteiger partial charge in [-0.15, -0.1) is 6.58 Å². The second-order valence-electron chi connectivity index (χ2n) is 3.99. The molecule has 1 rings (SSSR count). The van der Waals surface area contributed by atoms with Crippen LogP contribution in [0.25, 0.3) is 12.7 Å². The zero-order chi connectivity index (χ0) is 11.3. The van der Waals surface area contributed by atoms with E-state index in [0.29, 0.717) is 5.92 Å². The molecule has 80 valence electrons. The van der Waals surface area contributed by atoms with Crippen LogP contribution in [0.4, 0.5) is 0 Å². The first-order valence-electron chi connectivity index (χ1n) is 5.58. The van der Waals surface area contributed by atoms with Crippen LogP contribution in [0.15, 0.2) is 30.9 Å².